The molecule has 4 aromatic rings. The van der Waals surface area contributed by atoms with Crippen LogP contribution in [-0.4, -0.2) is 21.5 Å². The standard InChI is InChI=1S/C24H21FN4/c25-22-6-4-18(5-7-22)20-15-21(16-27-14-10-23-3-1-2-11-28-23)24(29-17-20)19-8-12-26-13-9-19/h1-9,11-13,15,17,27H,10,14,16H2. The Kier molecular flexibility index (Phi) is 5.98. The average molecular weight is 384 g/mol. The van der Waals surface area contributed by atoms with Crippen molar-refractivity contribution >= 4 is 0 Å². The molecule has 0 fully saturated rings. The van der Waals surface area contributed by atoms with E-state index in [0.29, 0.717) is 6.54 Å². The van der Waals surface area contributed by atoms with E-state index in [1.54, 1.807) is 24.5 Å². The molecule has 1 aromatic carbocycles. The van der Waals surface area contributed by atoms with Crippen molar-refractivity contribution in [1.82, 2.24) is 20.3 Å². The summed E-state index contributed by atoms with van der Waals surface area (Å²) < 4.78 is 13.3. The second-order valence-corrected chi connectivity index (χ2v) is 6.72. The first-order valence-electron chi connectivity index (χ1n) is 9.55. The topological polar surface area (TPSA) is 50.7 Å². The summed E-state index contributed by atoms with van der Waals surface area (Å²) in [5.74, 6) is -0.244. The quantitative estimate of drug-likeness (QED) is 0.470. The number of rotatable bonds is 7. The van der Waals surface area contributed by atoms with Crippen LogP contribution in [-0.2, 0) is 13.0 Å². The molecule has 5 heteroatoms. The summed E-state index contributed by atoms with van der Waals surface area (Å²) in [6, 6.07) is 18.5. The monoisotopic (exact) mass is 384 g/mol. The maximum Gasteiger partial charge on any atom is 0.123 e. The van der Waals surface area contributed by atoms with Crippen molar-refractivity contribution < 1.29 is 4.39 Å². The van der Waals surface area contributed by atoms with E-state index in [1.165, 1.54) is 12.1 Å². The van der Waals surface area contributed by atoms with Crippen LogP contribution in [0.4, 0.5) is 4.39 Å². The Morgan fingerprint density at radius 1 is 0.793 bits per heavy atom. The molecule has 29 heavy (non-hydrogen) atoms. The molecule has 144 valence electrons. The van der Waals surface area contributed by atoms with Crippen molar-refractivity contribution in [2.45, 2.75) is 13.0 Å². The smallest absolute Gasteiger partial charge is 0.123 e. The number of nitrogens with one attached hydrogen (secondary N) is 1. The van der Waals surface area contributed by atoms with E-state index in [2.05, 4.69) is 21.4 Å². The lowest BCUT2D eigenvalue weighted by Gasteiger charge is -2.12. The molecule has 0 aliphatic heterocycles. The van der Waals surface area contributed by atoms with Crippen LogP contribution in [0.5, 0.6) is 0 Å². The normalized spacial score (nSPS) is 10.8. The molecule has 1 N–H and O–H groups in total. The zero-order valence-electron chi connectivity index (χ0n) is 15.9. The van der Waals surface area contributed by atoms with E-state index in [9.17, 15) is 4.39 Å². The van der Waals surface area contributed by atoms with Gasteiger partial charge in [-0.15, -0.1) is 0 Å². The minimum atomic E-state index is -0.244. The van der Waals surface area contributed by atoms with Gasteiger partial charge in [0.25, 0.3) is 0 Å². The summed E-state index contributed by atoms with van der Waals surface area (Å²) >= 11 is 0. The van der Waals surface area contributed by atoms with Gasteiger partial charge < -0.3 is 5.32 Å². The fourth-order valence-corrected chi connectivity index (χ4v) is 3.20. The molecule has 4 nitrogen and oxygen atoms in total. The Bertz CT molecular complexity index is 1050. The van der Waals surface area contributed by atoms with Crippen LogP contribution < -0.4 is 5.32 Å². The average Bonchev–Trinajstić information content (AvgIpc) is 2.78. The Balaban J connectivity index is 1.56. The molecule has 4 rings (SSSR count). The van der Waals surface area contributed by atoms with Crippen molar-refractivity contribution in [2.24, 2.45) is 0 Å². The van der Waals surface area contributed by atoms with Crippen LogP contribution in [0.15, 0.2) is 85.5 Å². The van der Waals surface area contributed by atoms with Crippen LogP contribution >= 0.6 is 0 Å². The van der Waals surface area contributed by atoms with Gasteiger partial charge in [0.15, 0.2) is 0 Å². The molecule has 3 aromatic heterocycles. The first-order valence-corrected chi connectivity index (χ1v) is 9.55. The van der Waals surface area contributed by atoms with E-state index < -0.39 is 0 Å². The van der Waals surface area contributed by atoms with E-state index in [4.69, 9.17) is 4.98 Å². The second kappa shape index (κ2) is 9.17. The molecular weight excluding hydrogens is 363 g/mol. The highest BCUT2D eigenvalue weighted by Gasteiger charge is 2.10. The third-order valence-corrected chi connectivity index (χ3v) is 4.70. The van der Waals surface area contributed by atoms with Crippen LogP contribution in [0.3, 0.4) is 0 Å². The van der Waals surface area contributed by atoms with Gasteiger partial charge in [-0.05, 0) is 53.6 Å². The number of benzene rings is 1. The molecular formula is C24H21FN4. The number of pyridine rings is 3. The number of halogens is 1. The van der Waals surface area contributed by atoms with E-state index in [0.717, 1.165) is 46.6 Å². The summed E-state index contributed by atoms with van der Waals surface area (Å²) in [4.78, 5) is 13.2. The molecule has 0 unspecified atom stereocenters. The van der Waals surface area contributed by atoms with Crippen LogP contribution in [0.2, 0.25) is 0 Å². The third-order valence-electron chi connectivity index (χ3n) is 4.70. The molecule has 0 radical (unpaired) electrons. The Labute approximate surface area is 169 Å². The van der Waals surface area contributed by atoms with E-state index in [1.807, 2.05) is 42.7 Å². The van der Waals surface area contributed by atoms with Gasteiger partial charge >= 0.3 is 0 Å². The zero-order valence-corrected chi connectivity index (χ0v) is 15.9. The maximum absolute atomic E-state index is 13.3. The van der Waals surface area contributed by atoms with Crippen molar-refractivity contribution in [2.75, 3.05) is 6.54 Å². The minimum Gasteiger partial charge on any atom is -0.312 e. The van der Waals surface area contributed by atoms with Gasteiger partial charge in [0.05, 0.1) is 5.69 Å². The first-order chi connectivity index (χ1) is 14.3. The minimum absolute atomic E-state index is 0.244. The van der Waals surface area contributed by atoms with Crippen molar-refractivity contribution in [3.63, 3.8) is 0 Å². The lowest BCUT2D eigenvalue weighted by molar-refractivity contribution is 0.628. The highest BCUT2D eigenvalue weighted by Crippen LogP contribution is 2.26. The number of nitrogens with zero attached hydrogens (tertiary/aromatic N) is 3. The van der Waals surface area contributed by atoms with Crippen LogP contribution in [0.25, 0.3) is 22.4 Å². The summed E-state index contributed by atoms with van der Waals surface area (Å²) in [5.41, 5.74) is 5.99. The first kappa shape index (κ1) is 18.9. The third kappa shape index (κ3) is 4.89. The molecule has 0 spiro atoms. The Morgan fingerprint density at radius 3 is 2.38 bits per heavy atom. The summed E-state index contributed by atoms with van der Waals surface area (Å²) in [6.45, 7) is 1.49. The number of hydrogen-bond acceptors (Lipinski definition) is 4. The fraction of sp³-hybridized carbons (Fsp3) is 0.125. The molecule has 0 bridgehead atoms. The van der Waals surface area contributed by atoms with Crippen molar-refractivity contribution in [1.29, 1.82) is 0 Å². The van der Waals surface area contributed by atoms with Crippen molar-refractivity contribution in [3.8, 4) is 22.4 Å². The maximum atomic E-state index is 13.3. The van der Waals surface area contributed by atoms with E-state index >= 15 is 0 Å². The van der Waals surface area contributed by atoms with Crippen LogP contribution in [0.1, 0.15) is 11.3 Å². The van der Waals surface area contributed by atoms with Gasteiger partial charge in [0.2, 0.25) is 0 Å². The van der Waals surface area contributed by atoms with E-state index in [-0.39, 0.29) is 5.82 Å². The Hall–Kier alpha value is -3.44. The van der Waals surface area contributed by atoms with Crippen molar-refractivity contribution in [3.05, 3.63) is 103 Å². The highest BCUT2D eigenvalue weighted by atomic mass is 19.1. The number of aromatic nitrogens is 3. The molecule has 0 saturated heterocycles. The van der Waals surface area contributed by atoms with Gasteiger partial charge in [-0.3, -0.25) is 15.0 Å². The summed E-state index contributed by atoms with van der Waals surface area (Å²) in [6.07, 6.45) is 8.04. The molecule has 0 saturated carbocycles. The summed E-state index contributed by atoms with van der Waals surface area (Å²) in [5, 5.41) is 3.49. The summed E-state index contributed by atoms with van der Waals surface area (Å²) in [7, 11) is 0. The predicted octanol–water partition coefficient (Wildman–Crippen LogP) is 4.68. The second-order valence-electron chi connectivity index (χ2n) is 6.72. The largest absolute Gasteiger partial charge is 0.312 e. The van der Waals surface area contributed by atoms with Gasteiger partial charge in [0, 0.05) is 61.1 Å². The van der Waals surface area contributed by atoms with Gasteiger partial charge in [-0.2, -0.15) is 0 Å². The predicted molar refractivity (Wildman–Crippen MR) is 113 cm³/mol. The molecule has 3 heterocycles. The Morgan fingerprint density at radius 2 is 1.62 bits per heavy atom. The lowest BCUT2D eigenvalue weighted by Crippen LogP contribution is -2.18. The highest BCUT2D eigenvalue weighted by molar-refractivity contribution is 5.69. The molecule has 0 atom stereocenters. The molecule has 0 aliphatic rings. The molecule has 0 aliphatic carbocycles. The van der Waals surface area contributed by atoms with Gasteiger partial charge in [0.1, 0.15) is 5.82 Å². The molecule has 0 amide bonds. The zero-order chi connectivity index (χ0) is 19.9. The van der Waals surface area contributed by atoms with Gasteiger partial charge in [-0.25, -0.2) is 4.39 Å². The lowest BCUT2D eigenvalue weighted by atomic mass is 10.0. The number of hydrogen-bond donors (Lipinski definition) is 1. The van der Waals surface area contributed by atoms with Crippen LogP contribution in [0, 0.1) is 5.82 Å². The SMILES string of the molecule is Fc1ccc(-c2cnc(-c3ccncc3)c(CNCCc3ccccn3)c2)cc1. The van der Waals surface area contributed by atoms with Gasteiger partial charge in [-0.1, -0.05) is 18.2 Å². The fourth-order valence-electron chi connectivity index (χ4n) is 3.20.